The second-order valence-electron chi connectivity index (χ2n) is 5.54. The summed E-state index contributed by atoms with van der Waals surface area (Å²) in [6, 6.07) is 7.80. The standard InChI is InChI=1S/C16H14Cl2N4O/c1-9-19-14(18)13-16(20-9)22(10-6-7-23-8-10)15(21-13)11-4-2-3-5-12(11)17/h2-5,10H,6-8H2,1H3/t10-/m0/s1. The Hall–Kier alpha value is -1.69. The Morgan fingerprint density at radius 2 is 2.00 bits per heavy atom. The van der Waals surface area contributed by atoms with Crippen molar-refractivity contribution in [1.29, 1.82) is 0 Å². The van der Waals surface area contributed by atoms with Gasteiger partial charge in [-0.05, 0) is 25.5 Å². The first kappa shape index (κ1) is 14.9. The van der Waals surface area contributed by atoms with E-state index in [4.69, 9.17) is 32.9 Å². The van der Waals surface area contributed by atoms with Gasteiger partial charge in [0.15, 0.2) is 10.8 Å². The van der Waals surface area contributed by atoms with Gasteiger partial charge in [-0.3, -0.25) is 0 Å². The molecule has 1 aliphatic heterocycles. The molecule has 3 heterocycles. The molecule has 0 saturated carbocycles. The van der Waals surface area contributed by atoms with Gasteiger partial charge in [-0.2, -0.15) is 0 Å². The smallest absolute Gasteiger partial charge is 0.165 e. The second-order valence-corrected chi connectivity index (χ2v) is 6.30. The van der Waals surface area contributed by atoms with E-state index in [1.54, 1.807) is 0 Å². The average Bonchev–Trinajstić information content (AvgIpc) is 3.14. The molecule has 1 saturated heterocycles. The number of hydrogen-bond donors (Lipinski definition) is 0. The fourth-order valence-corrected chi connectivity index (χ4v) is 3.42. The van der Waals surface area contributed by atoms with Gasteiger partial charge in [0.2, 0.25) is 0 Å². The molecule has 0 bridgehead atoms. The van der Waals surface area contributed by atoms with Crippen LogP contribution in [0.1, 0.15) is 18.3 Å². The number of benzene rings is 1. The molecule has 0 N–H and O–H groups in total. The first-order chi connectivity index (χ1) is 11.1. The molecule has 4 rings (SSSR count). The van der Waals surface area contributed by atoms with Gasteiger partial charge in [-0.1, -0.05) is 35.3 Å². The van der Waals surface area contributed by atoms with Crippen molar-refractivity contribution in [3.8, 4) is 11.4 Å². The zero-order valence-electron chi connectivity index (χ0n) is 12.5. The molecule has 0 radical (unpaired) electrons. The second kappa shape index (κ2) is 5.74. The molecule has 1 atom stereocenters. The molecular weight excluding hydrogens is 335 g/mol. The molecule has 0 amide bonds. The quantitative estimate of drug-likeness (QED) is 0.655. The maximum Gasteiger partial charge on any atom is 0.165 e. The molecule has 0 spiro atoms. The van der Waals surface area contributed by atoms with Crippen molar-refractivity contribution in [2.45, 2.75) is 19.4 Å². The molecular formula is C16H14Cl2N4O. The lowest BCUT2D eigenvalue weighted by Crippen LogP contribution is -2.11. The molecule has 5 nitrogen and oxygen atoms in total. The van der Waals surface area contributed by atoms with E-state index in [1.165, 1.54) is 0 Å². The van der Waals surface area contributed by atoms with E-state index >= 15 is 0 Å². The minimum atomic E-state index is 0.164. The normalized spacial score (nSPS) is 18.0. The Labute approximate surface area is 143 Å². The van der Waals surface area contributed by atoms with Gasteiger partial charge in [-0.15, -0.1) is 0 Å². The number of ether oxygens (including phenoxy) is 1. The van der Waals surface area contributed by atoms with Crippen molar-refractivity contribution in [2.75, 3.05) is 13.2 Å². The van der Waals surface area contributed by atoms with Crippen LogP contribution in [0, 0.1) is 6.92 Å². The summed E-state index contributed by atoms with van der Waals surface area (Å²) in [7, 11) is 0. The number of halogens is 2. The summed E-state index contributed by atoms with van der Waals surface area (Å²) in [4.78, 5) is 13.5. The van der Waals surface area contributed by atoms with Gasteiger partial charge < -0.3 is 9.30 Å². The van der Waals surface area contributed by atoms with Crippen molar-refractivity contribution in [1.82, 2.24) is 19.5 Å². The Balaban J connectivity index is 2.05. The minimum absolute atomic E-state index is 0.164. The Morgan fingerprint density at radius 1 is 1.17 bits per heavy atom. The van der Waals surface area contributed by atoms with Crippen LogP contribution in [-0.4, -0.2) is 32.7 Å². The zero-order valence-corrected chi connectivity index (χ0v) is 14.0. The monoisotopic (exact) mass is 348 g/mol. The highest BCUT2D eigenvalue weighted by atomic mass is 35.5. The number of imidazole rings is 1. The summed E-state index contributed by atoms with van der Waals surface area (Å²) in [6.07, 6.45) is 0.906. The summed E-state index contributed by atoms with van der Waals surface area (Å²) >= 11 is 12.7. The number of rotatable bonds is 2. The number of aryl methyl sites for hydroxylation is 1. The van der Waals surface area contributed by atoms with Crippen molar-refractivity contribution >= 4 is 34.4 Å². The Kier molecular flexibility index (Phi) is 3.71. The fourth-order valence-electron chi connectivity index (χ4n) is 2.95. The first-order valence-electron chi connectivity index (χ1n) is 7.40. The molecule has 0 aliphatic carbocycles. The SMILES string of the molecule is Cc1nc(Cl)c2nc(-c3ccccc3Cl)n([C@H]3CCOC3)c2n1. The van der Waals surface area contributed by atoms with Gasteiger partial charge in [0.05, 0.1) is 17.7 Å². The molecule has 118 valence electrons. The van der Waals surface area contributed by atoms with Crippen LogP contribution in [0.3, 0.4) is 0 Å². The van der Waals surface area contributed by atoms with Crippen LogP contribution in [0.4, 0.5) is 0 Å². The number of hydrogen-bond acceptors (Lipinski definition) is 4. The summed E-state index contributed by atoms with van der Waals surface area (Å²) in [5.74, 6) is 1.37. The van der Waals surface area contributed by atoms with Gasteiger partial charge in [-0.25, -0.2) is 15.0 Å². The number of nitrogens with zero attached hydrogens (tertiary/aromatic N) is 4. The van der Waals surface area contributed by atoms with Crippen LogP contribution in [0.2, 0.25) is 10.2 Å². The molecule has 1 fully saturated rings. The van der Waals surface area contributed by atoms with E-state index in [9.17, 15) is 0 Å². The lowest BCUT2D eigenvalue weighted by molar-refractivity contribution is 0.187. The lowest BCUT2D eigenvalue weighted by atomic mass is 10.2. The molecule has 7 heteroatoms. The van der Waals surface area contributed by atoms with E-state index in [1.807, 2.05) is 31.2 Å². The highest BCUT2D eigenvalue weighted by molar-refractivity contribution is 6.34. The third-order valence-electron chi connectivity index (χ3n) is 3.99. The highest BCUT2D eigenvalue weighted by Gasteiger charge is 2.27. The molecule has 0 unspecified atom stereocenters. The van der Waals surface area contributed by atoms with Gasteiger partial charge in [0.1, 0.15) is 17.2 Å². The Bertz CT molecular complexity index is 887. The summed E-state index contributed by atoms with van der Waals surface area (Å²) < 4.78 is 7.64. The van der Waals surface area contributed by atoms with Crippen molar-refractivity contribution < 1.29 is 4.74 Å². The van der Waals surface area contributed by atoms with Crippen LogP contribution in [0.25, 0.3) is 22.6 Å². The van der Waals surface area contributed by atoms with Crippen LogP contribution < -0.4 is 0 Å². The molecule has 3 aromatic rings. The molecule has 2 aromatic heterocycles. The zero-order chi connectivity index (χ0) is 16.0. The highest BCUT2D eigenvalue weighted by Crippen LogP contribution is 2.35. The number of aromatic nitrogens is 4. The molecule has 23 heavy (non-hydrogen) atoms. The van der Waals surface area contributed by atoms with Crippen molar-refractivity contribution in [3.05, 3.63) is 40.3 Å². The fraction of sp³-hybridized carbons (Fsp3) is 0.312. The van der Waals surface area contributed by atoms with E-state index < -0.39 is 0 Å². The topological polar surface area (TPSA) is 52.8 Å². The minimum Gasteiger partial charge on any atom is -0.379 e. The van der Waals surface area contributed by atoms with E-state index in [2.05, 4.69) is 14.5 Å². The summed E-state index contributed by atoms with van der Waals surface area (Å²) in [5.41, 5.74) is 2.18. The van der Waals surface area contributed by atoms with Crippen LogP contribution in [-0.2, 0) is 4.74 Å². The van der Waals surface area contributed by atoms with E-state index in [-0.39, 0.29) is 6.04 Å². The predicted molar refractivity (Wildman–Crippen MR) is 90.0 cm³/mol. The third kappa shape index (κ3) is 2.49. The average molecular weight is 349 g/mol. The maximum atomic E-state index is 6.38. The largest absolute Gasteiger partial charge is 0.379 e. The number of fused-ring (bicyclic) bond motifs is 1. The van der Waals surface area contributed by atoms with E-state index in [0.717, 1.165) is 30.1 Å². The Morgan fingerprint density at radius 3 is 2.74 bits per heavy atom. The molecule has 1 aromatic carbocycles. The van der Waals surface area contributed by atoms with E-state index in [0.29, 0.717) is 28.1 Å². The van der Waals surface area contributed by atoms with Crippen LogP contribution in [0.5, 0.6) is 0 Å². The van der Waals surface area contributed by atoms with Gasteiger partial charge in [0, 0.05) is 12.2 Å². The van der Waals surface area contributed by atoms with Gasteiger partial charge in [0.25, 0.3) is 0 Å². The predicted octanol–water partition coefficient (Wildman–Crippen LogP) is 4.07. The van der Waals surface area contributed by atoms with Crippen molar-refractivity contribution in [2.24, 2.45) is 0 Å². The van der Waals surface area contributed by atoms with Crippen molar-refractivity contribution in [3.63, 3.8) is 0 Å². The summed E-state index contributed by atoms with van der Waals surface area (Å²) in [5, 5.41) is 1.00. The first-order valence-corrected chi connectivity index (χ1v) is 8.15. The van der Waals surface area contributed by atoms with Crippen LogP contribution in [0.15, 0.2) is 24.3 Å². The maximum absolute atomic E-state index is 6.38. The third-order valence-corrected chi connectivity index (χ3v) is 4.59. The van der Waals surface area contributed by atoms with Crippen LogP contribution >= 0.6 is 23.2 Å². The molecule has 1 aliphatic rings. The summed E-state index contributed by atoms with van der Waals surface area (Å²) in [6.45, 7) is 3.18. The lowest BCUT2D eigenvalue weighted by Gasteiger charge is -2.15. The van der Waals surface area contributed by atoms with Gasteiger partial charge >= 0.3 is 0 Å².